The molecule has 0 radical (unpaired) electrons. The smallest absolute Gasteiger partial charge is 0.462 e. The second-order valence-corrected chi connectivity index (χ2v) is 32.3. The number of ether oxygens (including phenoxy) is 4. The van der Waals surface area contributed by atoms with Crippen molar-refractivity contribution in [2.24, 2.45) is 11.8 Å². The van der Waals surface area contributed by atoms with Gasteiger partial charge in [-0.2, -0.15) is 0 Å². The Hall–Kier alpha value is -2.46. The highest BCUT2D eigenvalue weighted by Crippen LogP contribution is 2.45. The van der Waals surface area contributed by atoms with Crippen molar-refractivity contribution in [1.82, 2.24) is 0 Å². The fraction of sp³-hybridized carbons (Fsp3) is 0.901. The molecule has 0 aliphatic rings. The molecule has 0 aliphatic heterocycles. The van der Waals surface area contributed by atoms with Crippen LogP contribution in [0.2, 0.25) is 0 Å². The summed E-state index contributed by atoms with van der Waals surface area (Å²) in [6.07, 6.45) is 64.6. The van der Waals surface area contributed by atoms with Crippen LogP contribution in [-0.4, -0.2) is 96.7 Å². The lowest BCUT2D eigenvalue weighted by molar-refractivity contribution is -0.161. The zero-order valence-corrected chi connectivity index (χ0v) is 66.8. The number of aliphatic hydroxyl groups excluding tert-OH is 1. The second kappa shape index (κ2) is 72.1. The zero-order chi connectivity index (χ0) is 73.5. The monoisotopic (exact) mass is 1460 g/mol. The van der Waals surface area contributed by atoms with Crippen LogP contribution in [0.5, 0.6) is 0 Å². The van der Waals surface area contributed by atoms with E-state index in [-0.39, 0.29) is 25.7 Å². The van der Waals surface area contributed by atoms with Crippen molar-refractivity contribution in [3.05, 3.63) is 24.3 Å². The summed E-state index contributed by atoms with van der Waals surface area (Å²) in [6.45, 7) is 9.56. The van der Waals surface area contributed by atoms with Gasteiger partial charge < -0.3 is 33.8 Å². The Labute approximate surface area is 612 Å². The van der Waals surface area contributed by atoms with Crippen molar-refractivity contribution in [3.8, 4) is 0 Å². The first kappa shape index (κ1) is 97.5. The summed E-state index contributed by atoms with van der Waals surface area (Å²) in [6, 6.07) is 0. The molecule has 0 spiro atoms. The summed E-state index contributed by atoms with van der Waals surface area (Å²) >= 11 is 0. The van der Waals surface area contributed by atoms with Crippen LogP contribution in [0, 0.1) is 11.8 Å². The van der Waals surface area contributed by atoms with E-state index >= 15 is 0 Å². The highest BCUT2D eigenvalue weighted by atomic mass is 31.2. The van der Waals surface area contributed by atoms with E-state index in [0.29, 0.717) is 25.7 Å². The average Bonchev–Trinajstić information content (AvgIpc) is 0.936. The van der Waals surface area contributed by atoms with Gasteiger partial charge >= 0.3 is 39.5 Å². The first-order chi connectivity index (χ1) is 48.4. The van der Waals surface area contributed by atoms with E-state index in [2.05, 4.69) is 65.8 Å². The van der Waals surface area contributed by atoms with Gasteiger partial charge in [-0.05, 0) is 63.2 Å². The van der Waals surface area contributed by atoms with E-state index in [1.54, 1.807) is 0 Å². The summed E-state index contributed by atoms with van der Waals surface area (Å²) in [5, 5.41) is 10.6. The average molecular weight is 1460 g/mol. The van der Waals surface area contributed by atoms with Gasteiger partial charge in [0.15, 0.2) is 12.2 Å². The van der Waals surface area contributed by atoms with Crippen LogP contribution in [0.25, 0.3) is 0 Å². The number of rotatable bonds is 78. The SMILES string of the molecule is CCCCCC/C=C\C=C/CCCCCCCC(=O)OC[C@H](COP(=O)(O)OC[C@@H](O)COP(=O)(O)OC[C@@H](COC(=O)CCCCCCCCCCC(C)C)OC(=O)CCCCCCCCCCCCCCCCC)OC(=O)CCCCCCCCCCCCCCCCCCC(C)C. The van der Waals surface area contributed by atoms with Gasteiger partial charge in [0.05, 0.1) is 26.4 Å². The number of carbonyl (C=O) groups excluding carboxylic acids is 4. The van der Waals surface area contributed by atoms with Gasteiger partial charge in [-0.15, -0.1) is 0 Å². The molecule has 0 rings (SSSR count). The number of phosphoric ester groups is 2. The number of phosphoric acid groups is 2. The van der Waals surface area contributed by atoms with Crippen molar-refractivity contribution in [2.45, 2.75) is 419 Å². The number of hydrogen-bond acceptors (Lipinski definition) is 15. The van der Waals surface area contributed by atoms with Crippen molar-refractivity contribution < 1.29 is 80.2 Å². The molecule has 0 bridgehead atoms. The van der Waals surface area contributed by atoms with E-state index < -0.39 is 97.5 Å². The largest absolute Gasteiger partial charge is 0.472 e. The molecule has 0 aromatic rings. The summed E-state index contributed by atoms with van der Waals surface area (Å²) in [5.41, 5.74) is 0. The van der Waals surface area contributed by atoms with E-state index in [0.717, 1.165) is 121 Å². The predicted molar refractivity (Wildman–Crippen MR) is 409 cm³/mol. The van der Waals surface area contributed by atoms with Crippen molar-refractivity contribution in [1.29, 1.82) is 0 Å². The molecule has 5 atom stereocenters. The lowest BCUT2D eigenvalue weighted by Gasteiger charge is -2.21. The maximum atomic E-state index is 13.1. The topological polar surface area (TPSA) is 237 Å². The van der Waals surface area contributed by atoms with Gasteiger partial charge in [0.25, 0.3) is 0 Å². The van der Waals surface area contributed by atoms with Gasteiger partial charge in [-0.1, -0.05) is 348 Å². The summed E-state index contributed by atoms with van der Waals surface area (Å²) in [7, 11) is -9.93. The summed E-state index contributed by atoms with van der Waals surface area (Å²) in [4.78, 5) is 73.0. The molecular formula is C81H154O17P2. The molecule has 590 valence electrons. The third kappa shape index (κ3) is 73.8. The van der Waals surface area contributed by atoms with E-state index in [1.807, 2.05) is 0 Å². The molecule has 19 heteroatoms. The number of allylic oxidation sites excluding steroid dienone is 4. The number of aliphatic hydroxyl groups is 1. The summed E-state index contributed by atoms with van der Waals surface area (Å²) < 4.78 is 68.7. The quantitative estimate of drug-likeness (QED) is 0.0169. The van der Waals surface area contributed by atoms with Gasteiger partial charge in [0.2, 0.25) is 0 Å². The highest BCUT2D eigenvalue weighted by Gasteiger charge is 2.30. The number of hydrogen-bond donors (Lipinski definition) is 3. The molecule has 0 heterocycles. The normalized spacial score (nSPS) is 14.1. The lowest BCUT2D eigenvalue weighted by Crippen LogP contribution is -2.30. The van der Waals surface area contributed by atoms with Crippen LogP contribution in [0.4, 0.5) is 0 Å². The molecule has 0 amide bonds. The maximum Gasteiger partial charge on any atom is 0.472 e. The number of esters is 4. The van der Waals surface area contributed by atoms with Crippen LogP contribution in [-0.2, 0) is 65.4 Å². The molecule has 0 aliphatic carbocycles. The molecule has 2 unspecified atom stereocenters. The fourth-order valence-electron chi connectivity index (χ4n) is 12.0. The predicted octanol–water partition coefficient (Wildman–Crippen LogP) is 23.8. The minimum Gasteiger partial charge on any atom is -0.462 e. The fourth-order valence-corrected chi connectivity index (χ4v) is 13.6. The standard InChI is InChI=1S/C81H154O17P2/c1-7-9-11-13-15-17-19-21-25-30-34-38-45-51-57-63-78(83)91-69-76(97-80(85)66-60-54-48-40-36-32-28-24-23-27-29-33-37-43-49-55-61-73(3)4)71-95-99(87,88)93-67-75(82)68-94-100(89,90)96-72-77(70-92-79(84)64-58-52-46-42-41-44-50-56-62-74(5)6)98-81(86)65-59-53-47-39-35-31-26-22-20-18-16-14-12-10-8-2/h17,19,21,25,73-77,82H,7-16,18,20,22-24,26-72H2,1-6H3,(H,87,88)(H,89,90)/b19-17-,25-21-/t75-,76-,77-/m1/s1. The minimum absolute atomic E-state index is 0.101. The molecule has 0 saturated heterocycles. The Morgan fingerprint density at radius 2 is 0.540 bits per heavy atom. The van der Waals surface area contributed by atoms with Crippen LogP contribution < -0.4 is 0 Å². The van der Waals surface area contributed by atoms with E-state index in [4.69, 9.17) is 37.0 Å². The van der Waals surface area contributed by atoms with Gasteiger partial charge in [-0.3, -0.25) is 37.3 Å². The Kier molecular flexibility index (Phi) is 70.3. The third-order valence-corrected chi connectivity index (χ3v) is 20.2. The zero-order valence-electron chi connectivity index (χ0n) is 65.0. The van der Waals surface area contributed by atoms with E-state index in [1.165, 1.54) is 199 Å². The molecule has 100 heavy (non-hydrogen) atoms. The second-order valence-electron chi connectivity index (χ2n) is 29.4. The molecule has 0 saturated carbocycles. The van der Waals surface area contributed by atoms with Gasteiger partial charge in [-0.25, -0.2) is 9.13 Å². The van der Waals surface area contributed by atoms with Crippen LogP contribution in [0.15, 0.2) is 24.3 Å². The number of carbonyl (C=O) groups is 4. The molecule has 3 N–H and O–H groups in total. The Balaban J connectivity index is 5.28. The van der Waals surface area contributed by atoms with Crippen LogP contribution in [0.1, 0.15) is 401 Å². The first-order valence-corrected chi connectivity index (χ1v) is 44.3. The van der Waals surface area contributed by atoms with Crippen LogP contribution >= 0.6 is 15.6 Å². The van der Waals surface area contributed by atoms with Crippen molar-refractivity contribution in [3.63, 3.8) is 0 Å². The molecule has 0 aromatic carbocycles. The molecular weight excluding hydrogens is 1310 g/mol. The minimum atomic E-state index is -4.97. The third-order valence-electron chi connectivity index (χ3n) is 18.3. The van der Waals surface area contributed by atoms with Crippen molar-refractivity contribution >= 4 is 39.5 Å². The van der Waals surface area contributed by atoms with E-state index in [9.17, 15) is 43.2 Å². The van der Waals surface area contributed by atoms with Gasteiger partial charge in [0.1, 0.15) is 19.3 Å². The Bertz CT molecular complexity index is 2020. The van der Waals surface area contributed by atoms with Gasteiger partial charge in [0, 0.05) is 25.7 Å². The molecule has 0 fully saturated rings. The Morgan fingerprint density at radius 1 is 0.310 bits per heavy atom. The van der Waals surface area contributed by atoms with Crippen molar-refractivity contribution in [2.75, 3.05) is 39.6 Å². The molecule has 0 aromatic heterocycles. The van der Waals surface area contributed by atoms with Crippen LogP contribution in [0.3, 0.4) is 0 Å². The lowest BCUT2D eigenvalue weighted by atomic mass is 10.0. The first-order valence-electron chi connectivity index (χ1n) is 41.3. The maximum absolute atomic E-state index is 13.1. The molecule has 17 nitrogen and oxygen atoms in total. The number of unbranched alkanes of at least 4 members (excludes halogenated alkanes) is 45. The Morgan fingerprint density at radius 3 is 0.820 bits per heavy atom. The summed E-state index contributed by atoms with van der Waals surface area (Å²) in [5.74, 6) is -0.606. The highest BCUT2D eigenvalue weighted by molar-refractivity contribution is 7.47.